The Labute approximate surface area is 518 Å². The molecule has 0 unspecified atom stereocenters. The fourth-order valence-electron chi connectivity index (χ4n) is 9.18. The van der Waals surface area contributed by atoms with E-state index in [0.29, 0.717) is 17.9 Å². The molecule has 0 radical (unpaired) electrons. The number of aliphatic hydroxyl groups excluding tert-OH is 2. The van der Waals surface area contributed by atoms with Crippen molar-refractivity contribution in [2.75, 3.05) is 39.3 Å². The van der Waals surface area contributed by atoms with Crippen LogP contribution in [0.1, 0.15) is 124 Å². The summed E-state index contributed by atoms with van der Waals surface area (Å²) in [5, 5.41) is 49.9. The monoisotopic (exact) mass is 1270 g/mol. The summed E-state index contributed by atoms with van der Waals surface area (Å²) in [6.07, 6.45) is -1.49. The van der Waals surface area contributed by atoms with Gasteiger partial charge in [-0.05, 0) is 127 Å². The Hall–Kier alpha value is -6.31. The number of carbonyl (C=O) groups excluding carboxylic acids is 11. The lowest BCUT2D eigenvalue weighted by molar-refractivity contribution is -0.137. The molecule has 1 aromatic rings. The van der Waals surface area contributed by atoms with E-state index in [9.17, 15) is 63.0 Å². The SMILES string of the molecule is CC[C@H](C)CCCCC(=O)N[C@@H](CCN)C(=O)N[C@H](C(=O)N[C@@H](CCN)C(=O)N[C@H]1CCNC(=O)[C@H]([C@@H](C)O)NC(=O)[C@H](CCN)NC(=O)[C@H](CCN)NC(=O)[C@H](CC(C)C)NC(=O)[C@@H](Cc2ccc(Cl)cc2Cl)NC(=O)[C@H](CCN)NC1=O)[C@@H](C)O. The van der Waals surface area contributed by atoms with Crippen LogP contribution in [-0.4, -0.2) is 187 Å². The third-order valence-electron chi connectivity index (χ3n) is 14.4. The molecule has 0 spiro atoms. The molecule has 0 aromatic heterocycles. The van der Waals surface area contributed by atoms with E-state index in [0.717, 1.165) is 19.3 Å². The Morgan fingerprint density at radius 2 is 1.10 bits per heavy atom. The largest absolute Gasteiger partial charge is 0.391 e. The second-order valence-electron chi connectivity index (χ2n) is 22.3. The van der Waals surface area contributed by atoms with Crippen molar-refractivity contribution >= 4 is 88.2 Å². The zero-order valence-electron chi connectivity index (χ0n) is 50.8. The van der Waals surface area contributed by atoms with E-state index >= 15 is 0 Å². The number of rotatable bonds is 29. The predicted octanol–water partition coefficient (Wildman–Crippen LogP) is -3.94. The molecule has 0 saturated carbocycles. The van der Waals surface area contributed by atoms with Crippen LogP contribution in [-0.2, 0) is 59.2 Å². The Morgan fingerprint density at radius 3 is 1.61 bits per heavy atom. The van der Waals surface area contributed by atoms with Gasteiger partial charge in [0.05, 0.1) is 12.2 Å². The highest BCUT2D eigenvalue weighted by atomic mass is 35.5. The average molecular weight is 1270 g/mol. The highest BCUT2D eigenvalue weighted by molar-refractivity contribution is 6.35. The number of amides is 11. The Balaban J connectivity index is 2.72. The van der Waals surface area contributed by atoms with Gasteiger partial charge in [-0.1, -0.05) is 76.2 Å². The number of carbonyl (C=O) groups is 11. The summed E-state index contributed by atoms with van der Waals surface area (Å²) >= 11 is 12.8. The molecule has 1 fully saturated rings. The van der Waals surface area contributed by atoms with Crippen LogP contribution in [0.25, 0.3) is 0 Å². The third-order valence-corrected chi connectivity index (χ3v) is 15.0. The first-order valence-corrected chi connectivity index (χ1v) is 30.5. The highest BCUT2D eigenvalue weighted by Gasteiger charge is 2.38. The van der Waals surface area contributed by atoms with Crippen molar-refractivity contribution in [1.82, 2.24) is 58.5 Å². The van der Waals surface area contributed by atoms with Gasteiger partial charge in [0.25, 0.3) is 0 Å². The summed E-state index contributed by atoms with van der Waals surface area (Å²) in [7, 11) is 0. The summed E-state index contributed by atoms with van der Waals surface area (Å²) < 4.78 is 0. The molecule has 492 valence electrons. The topological polar surface area (TPSA) is 491 Å². The van der Waals surface area contributed by atoms with Gasteiger partial charge in [-0.2, -0.15) is 0 Å². The summed E-state index contributed by atoms with van der Waals surface area (Å²) in [6.45, 7) is 8.81. The molecule has 1 aliphatic heterocycles. The van der Waals surface area contributed by atoms with Crippen molar-refractivity contribution in [2.24, 2.45) is 40.5 Å². The van der Waals surface area contributed by atoms with E-state index < -0.39 is 151 Å². The first-order valence-electron chi connectivity index (χ1n) is 29.8. The molecule has 0 bridgehead atoms. The molecule has 0 aliphatic carbocycles. The summed E-state index contributed by atoms with van der Waals surface area (Å²) in [4.78, 5) is 154. The summed E-state index contributed by atoms with van der Waals surface area (Å²) in [5.74, 6) is -9.84. The normalized spacial score (nSPS) is 22.7. The van der Waals surface area contributed by atoms with Crippen molar-refractivity contribution in [3.05, 3.63) is 33.8 Å². The Kier molecular flexibility index (Phi) is 35.5. The fraction of sp³-hybridized carbons (Fsp3) is 0.696. The molecule has 23 N–H and O–H groups in total. The zero-order valence-corrected chi connectivity index (χ0v) is 52.3. The minimum Gasteiger partial charge on any atom is -0.391 e. The number of halogens is 2. The maximum absolute atomic E-state index is 14.6. The smallest absolute Gasteiger partial charge is 0.245 e. The van der Waals surface area contributed by atoms with Gasteiger partial charge in [0.2, 0.25) is 65.0 Å². The molecule has 1 aliphatic rings. The molecular weight excluding hydrogens is 1180 g/mol. The number of hydrogen-bond donors (Lipinski definition) is 18. The quantitative estimate of drug-likeness (QED) is 0.0341. The summed E-state index contributed by atoms with van der Waals surface area (Å²) in [5.41, 5.74) is 29.7. The van der Waals surface area contributed by atoms with E-state index in [1.54, 1.807) is 13.8 Å². The lowest BCUT2D eigenvalue weighted by atomic mass is 10.00. The summed E-state index contributed by atoms with van der Waals surface area (Å²) in [6, 6.07) is -10.8. The first kappa shape index (κ1) is 76.8. The number of benzene rings is 1. The number of hydrogen-bond acceptors (Lipinski definition) is 18. The minimum atomic E-state index is -1.72. The van der Waals surface area contributed by atoms with Crippen LogP contribution in [0, 0.1) is 11.8 Å². The first-order chi connectivity index (χ1) is 41.1. The molecule has 11 amide bonds. The van der Waals surface area contributed by atoms with Gasteiger partial charge in [-0.3, -0.25) is 52.7 Å². The maximum Gasteiger partial charge on any atom is 0.245 e. The van der Waals surface area contributed by atoms with Crippen molar-refractivity contribution in [2.45, 2.75) is 198 Å². The van der Waals surface area contributed by atoms with Crippen LogP contribution < -0.4 is 87.2 Å². The number of aliphatic hydroxyl groups is 2. The van der Waals surface area contributed by atoms with Crippen molar-refractivity contribution in [3.8, 4) is 0 Å². The molecule has 87 heavy (non-hydrogen) atoms. The molecule has 29 nitrogen and oxygen atoms in total. The second-order valence-corrected chi connectivity index (χ2v) is 23.1. The Bertz CT molecular complexity index is 2440. The molecular formula is C56H96Cl2N16O13. The zero-order chi connectivity index (χ0) is 65.5. The van der Waals surface area contributed by atoms with Gasteiger partial charge in [-0.25, -0.2) is 0 Å². The van der Waals surface area contributed by atoms with Crippen LogP contribution in [0.2, 0.25) is 10.0 Å². The number of nitrogens with one attached hydrogen (secondary N) is 11. The second kappa shape index (κ2) is 40.3. The standard InChI is InChI=1S/C56H96Cl2N16O13/c1-7-30(4)10-8-9-11-44(77)65-36(14-20-59)51(82)74-46(32(6)76)56(87)70-39(17-23-62)48(79)69-41-19-25-64-55(86)45(31(5)75)73-52(83)40(18-24-63)67-47(78)37(15-21-60)68-53(84)42(26-29(2)3)71-54(85)43(27-33-12-13-34(57)28-35(33)58)72-49(80)38(16-22-61)66-50(41)81/h12-13,28-32,36-43,45-46,75-76H,7-11,14-27,59-63H2,1-6H3,(H,64,86)(H,65,77)(H,66,81)(H,67,78)(H,68,84)(H,69,79)(H,70,87)(H,71,85)(H,72,80)(H,73,83)(H,74,82)/t30-,31+,32+,36-,37-,38-,39-,40-,41-,42-,43+,45-,46-/m0/s1. The van der Waals surface area contributed by atoms with Gasteiger partial charge in [-0.15, -0.1) is 0 Å². The van der Waals surface area contributed by atoms with Gasteiger partial charge in [0.15, 0.2) is 0 Å². The van der Waals surface area contributed by atoms with Gasteiger partial charge in [0, 0.05) is 29.4 Å². The van der Waals surface area contributed by atoms with Crippen LogP contribution in [0.4, 0.5) is 0 Å². The fourth-order valence-corrected chi connectivity index (χ4v) is 9.66. The van der Waals surface area contributed by atoms with Crippen molar-refractivity contribution in [3.63, 3.8) is 0 Å². The molecule has 13 atom stereocenters. The number of nitrogens with two attached hydrogens (primary N) is 5. The molecule has 1 heterocycles. The van der Waals surface area contributed by atoms with E-state index in [1.165, 1.54) is 32.0 Å². The van der Waals surface area contributed by atoms with Crippen LogP contribution in [0.3, 0.4) is 0 Å². The van der Waals surface area contributed by atoms with Crippen LogP contribution in [0.15, 0.2) is 18.2 Å². The van der Waals surface area contributed by atoms with E-state index in [4.69, 9.17) is 51.9 Å². The average Bonchev–Trinajstić information content (AvgIpc) is 3.50. The van der Waals surface area contributed by atoms with Gasteiger partial charge in [0.1, 0.15) is 60.4 Å². The maximum atomic E-state index is 14.6. The number of unbranched alkanes of at least 4 members (excludes halogenated alkanes) is 1. The highest BCUT2D eigenvalue weighted by Crippen LogP contribution is 2.23. The van der Waals surface area contributed by atoms with Gasteiger partial charge >= 0.3 is 0 Å². The predicted molar refractivity (Wildman–Crippen MR) is 326 cm³/mol. The lowest BCUT2D eigenvalue weighted by Gasteiger charge is -2.29. The van der Waals surface area contributed by atoms with E-state index in [1.807, 2.05) is 0 Å². The van der Waals surface area contributed by atoms with E-state index in [-0.39, 0.29) is 100 Å². The molecule has 2 rings (SSSR count). The Morgan fingerprint density at radius 1 is 0.598 bits per heavy atom. The van der Waals surface area contributed by atoms with Crippen LogP contribution in [0.5, 0.6) is 0 Å². The van der Waals surface area contributed by atoms with Crippen molar-refractivity contribution < 1.29 is 63.0 Å². The van der Waals surface area contributed by atoms with Gasteiger partial charge < -0.3 is 97.4 Å². The lowest BCUT2D eigenvalue weighted by Crippen LogP contribution is -2.62. The van der Waals surface area contributed by atoms with E-state index in [2.05, 4.69) is 72.3 Å². The molecule has 31 heteroatoms. The molecule has 1 saturated heterocycles. The minimum absolute atomic E-state index is 0.0000772. The molecule has 1 aromatic carbocycles. The van der Waals surface area contributed by atoms with Crippen LogP contribution >= 0.6 is 23.2 Å². The third kappa shape index (κ3) is 27.3. The van der Waals surface area contributed by atoms with Crippen molar-refractivity contribution in [1.29, 1.82) is 0 Å².